The summed E-state index contributed by atoms with van der Waals surface area (Å²) < 4.78 is 31.1. The quantitative estimate of drug-likeness (QED) is 0.109. The number of nitrogens with one attached hydrogen (secondary N) is 1. The highest BCUT2D eigenvalue weighted by Crippen LogP contribution is 2.23. The van der Waals surface area contributed by atoms with Crippen molar-refractivity contribution < 1.29 is 22.3 Å². The van der Waals surface area contributed by atoms with E-state index in [0.29, 0.717) is 11.3 Å². The molecular weight excluding hydrogens is 561 g/mol. The molecule has 3 aromatic carbocycles. The predicted octanol–water partition coefficient (Wildman–Crippen LogP) is 4.51. The average Bonchev–Trinajstić information content (AvgIpc) is 2.79. The van der Waals surface area contributed by atoms with Gasteiger partial charge in [0.05, 0.1) is 4.92 Å². The zero-order chi connectivity index (χ0) is 24.0. The summed E-state index contributed by atoms with van der Waals surface area (Å²) in [5.74, 6) is -0.680. The van der Waals surface area contributed by atoms with E-state index in [1.807, 2.05) is 6.07 Å². The Hall–Kier alpha value is -3.76. The van der Waals surface area contributed by atoms with Gasteiger partial charge < -0.3 is 9.50 Å². The van der Waals surface area contributed by atoms with Crippen LogP contribution in [-0.4, -0.2) is 19.2 Å². The van der Waals surface area contributed by atoms with Crippen molar-refractivity contribution in [3.8, 4) is 11.8 Å². The Morgan fingerprint density at radius 2 is 1.76 bits per heavy atom. The average molecular weight is 575 g/mol. The van der Waals surface area contributed by atoms with Crippen molar-refractivity contribution in [3.63, 3.8) is 0 Å². The minimum Gasteiger partial charge on any atom is -0.379 e. The van der Waals surface area contributed by atoms with E-state index in [1.165, 1.54) is 24.3 Å². The molecule has 0 fully saturated rings. The van der Waals surface area contributed by atoms with Crippen LogP contribution in [0, 0.1) is 25.0 Å². The van der Waals surface area contributed by atoms with Gasteiger partial charge in [0.1, 0.15) is 22.3 Å². The van der Waals surface area contributed by atoms with Gasteiger partial charge in [0.15, 0.2) is 0 Å². The summed E-state index contributed by atoms with van der Waals surface area (Å²) >= 11 is 2.13. The number of carbonyl (C=O) groups excluding carboxylic acids is 1. The van der Waals surface area contributed by atoms with Gasteiger partial charge in [-0.2, -0.15) is 13.7 Å². The summed E-state index contributed by atoms with van der Waals surface area (Å²) in [6.07, 6.45) is 1.30. The van der Waals surface area contributed by atoms with Crippen LogP contribution in [-0.2, 0) is 14.9 Å². The molecule has 166 valence electrons. The minimum absolute atomic E-state index is 0.0579. The molecule has 0 bridgehead atoms. The van der Waals surface area contributed by atoms with Crippen molar-refractivity contribution in [3.05, 3.63) is 97.6 Å². The zero-order valence-corrected chi connectivity index (χ0v) is 19.6. The number of nitrogens with zero attached hydrogens (tertiary/aromatic N) is 2. The van der Waals surface area contributed by atoms with Crippen molar-refractivity contribution in [1.29, 1.82) is 5.26 Å². The lowest BCUT2D eigenvalue weighted by Crippen LogP contribution is -2.13. The van der Waals surface area contributed by atoms with Crippen LogP contribution < -0.4 is 9.50 Å². The highest BCUT2D eigenvalue weighted by Gasteiger charge is 2.18. The van der Waals surface area contributed by atoms with Gasteiger partial charge in [0.25, 0.3) is 11.6 Å². The summed E-state index contributed by atoms with van der Waals surface area (Å²) in [5, 5.41) is 22.7. The van der Waals surface area contributed by atoms with Crippen LogP contribution in [0.3, 0.4) is 0 Å². The summed E-state index contributed by atoms with van der Waals surface area (Å²) in [7, 11) is -4.26. The fraction of sp³-hybridized carbons (Fsp3) is 0. The van der Waals surface area contributed by atoms with Gasteiger partial charge in [0.2, 0.25) is 0 Å². The van der Waals surface area contributed by atoms with Crippen molar-refractivity contribution in [2.24, 2.45) is 0 Å². The third-order valence-corrected chi connectivity index (χ3v) is 6.16. The van der Waals surface area contributed by atoms with E-state index in [0.717, 1.165) is 27.8 Å². The van der Waals surface area contributed by atoms with Gasteiger partial charge in [-0.1, -0.05) is 12.1 Å². The molecule has 0 aromatic heterocycles. The van der Waals surface area contributed by atoms with Crippen LogP contribution in [0.4, 0.5) is 11.4 Å². The first kappa shape index (κ1) is 23.9. The molecule has 0 saturated carbocycles. The molecule has 11 heteroatoms. The predicted molar refractivity (Wildman–Crippen MR) is 129 cm³/mol. The van der Waals surface area contributed by atoms with Gasteiger partial charge in [-0.15, -0.1) is 0 Å². The number of benzene rings is 3. The molecule has 0 aliphatic carbocycles. The van der Waals surface area contributed by atoms with E-state index < -0.39 is 20.9 Å². The van der Waals surface area contributed by atoms with E-state index in [-0.39, 0.29) is 21.9 Å². The van der Waals surface area contributed by atoms with Gasteiger partial charge >= 0.3 is 10.1 Å². The monoisotopic (exact) mass is 575 g/mol. The van der Waals surface area contributed by atoms with E-state index in [4.69, 9.17) is 4.18 Å². The number of hydrogen-bond donors (Lipinski definition) is 1. The van der Waals surface area contributed by atoms with Crippen molar-refractivity contribution in [2.45, 2.75) is 4.90 Å². The summed E-state index contributed by atoms with van der Waals surface area (Å²) in [5.41, 5.74) is 0.436. The maximum absolute atomic E-state index is 12.5. The molecule has 0 spiro atoms. The van der Waals surface area contributed by atoms with Crippen LogP contribution in [0.2, 0.25) is 0 Å². The van der Waals surface area contributed by atoms with E-state index in [9.17, 15) is 28.6 Å². The van der Waals surface area contributed by atoms with Gasteiger partial charge in [-0.25, -0.2) is 0 Å². The Balaban J connectivity index is 1.79. The maximum atomic E-state index is 12.5. The van der Waals surface area contributed by atoms with Gasteiger partial charge in [-0.3, -0.25) is 14.9 Å². The molecule has 0 heterocycles. The molecule has 9 nitrogen and oxygen atoms in total. The number of halogens is 1. The molecule has 0 radical (unpaired) electrons. The topological polar surface area (TPSA) is 139 Å². The standard InChI is InChI=1S/C22H14IN3O6S/c23-17-4-6-18(7-5-17)25-22(27)16(14-24)12-15-2-1-3-20(13-15)32-33(30,31)21-10-8-19(9-11-21)26(28)29/h1-13H,(H,25,27)/b16-12-. The molecule has 33 heavy (non-hydrogen) atoms. The fourth-order valence-corrected chi connectivity index (χ4v) is 3.89. The number of amides is 1. The minimum atomic E-state index is -4.26. The first-order valence-electron chi connectivity index (χ1n) is 9.16. The molecule has 1 amide bonds. The largest absolute Gasteiger partial charge is 0.379 e. The zero-order valence-electron chi connectivity index (χ0n) is 16.6. The SMILES string of the molecule is N#C/C(=C/c1cccc(OS(=O)(=O)c2ccc([N+](=O)[O-])cc2)c1)C(=O)Nc1ccc(I)cc1. The molecule has 0 atom stereocenters. The summed E-state index contributed by atoms with van der Waals surface area (Å²) in [6, 6.07) is 18.9. The normalized spacial score (nSPS) is 11.3. The Morgan fingerprint density at radius 1 is 1.09 bits per heavy atom. The molecule has 0 unspecified atom stereocenters. The van der Waals surface area contributed by atoms with Crippen LogP contribution in [0.25, 0.3) is 6.08 Å². The number of nitro groups is 1. The number of anilines is 1. The number of hydrogen-bond acceptors (Lipinski definition) is 7. The van der Waals surface area contributed by atoms with E-state index in [2.05, 4.69) is 27.9 Å². The lowest BCUT2D eigenvalue weighted by molar-refractivity contribution is -0.384. The first-order valence-corrected chi connectivity index (χ1v) is 11.6. The first-order chi connectivity index (χ1) is 15.7. The fourth-order valence-electron chi connectivity index (χ4n) is 2.61. The number of nitro benzene ring substituents is 1. The smallest absolute Gasteiger partial charge is 0.339 e. The van der Waals surface area contributed by atoms with Crippen LogP contribution in [0.1, 0.15) is 5.56 Å². The second-order valence-corrected chi connectivity index (χ2v) is 9.28. The van der Waals surface area contributed by atoms with Crippen molar-refractivity contribution >= 4 is 56.1 Å². The molecule has 0 aliphatic rings. The second kappa shape index (κ2) is 10.2. The Labute approximate surface area is 202 Å². The second-order valence-electron chi connectivity index (χ2n) is 6.49. The Kier molecular flexibility index (Phi) is 7.41. The highest BCUT2D eigenvalue weighted by atomic mass is 127. The lowest BCUT2D eigenvalue weighted by Gasteiger charge is -2.08. The Morgan fingerprint density at radius 3 is 2.36 bits per heavy atom. The van der Waals surface area contributed by atoms with Crippen LogP contribution in [0.15, 0.2) is 83.3 Å². The van der Waals surface area contributed by atoms with Crippen LogP contribution >= 0.6 is 22.6 Å². The van der Waals surface area contributed by atoms with Gasteiger partial charge in [0, 0.05) is 21.4 Å². The third-order valence-electron chi connectivity index (χ3n) is 4.18. The van der Waals surface area contributed by atoms with Gasteiger partial charge in [-0.05, 0) is 82.8 Å². The van der Waals surface area contributed by atoms with Crippen LogP contribution in [0.5, 0.6) is 5.75 Å². The number of nitriles is 1. The van der Waals surface area contributed by atoms with Crippen molar-refractivity contribution in [2.75, 3.05) is 5.32 Å². The highest BCUT2D eigenvalue weighted by molar-refractivity contribution is 14.1. The lowest BCUT2D eigenvalue weighted by atomic mass is 10.1. The summed E-state index contributed by atoms with van der Waals surface area (Å²) in [4.78, 5) is 22.3. The molecular formula is C22H14IN3O6S. The molecule has 0 saturated heterocycles. The maximum Gasteiger partial charge on any atom is 0.339 e. The molecule has 3 aromatic rings. The Bertz CT molecular complexity index is 1380. The van der Waals surface area contributed by atoms with E-state index in [1.54, 1.807) is 30.3 Å². The third kappa shape index (κ3) is 6.37. The molecule has 3 rings (SSSR count). The number of carbonyl (C=O) groups is 1. The van der Waals surface area contributed by atoms with Crippen molar-refractivity contribution in [1.82, 2.24) is 0 Å². The molecule has 0 aliphatic heterocycles. The van der Waals surface area contributed by atoms with E-state index >= 15 is 0 Å². The summed E-state index contributed by atoms with van der Waals surface area (Å²) in [6.45, 7) is 0. The number of rotatable bonds is 7. The number of non-ortho nitro benzene ring substituents is 1. The molecule has 1 N–H and O–H groups in total.